The van der Waals surface area contributed by atoms with Crippen LogP contribution in [0.1, 0.15) is 41.9 Å². The van der Waals surface area contributed by atoms with Crippen molar-refractivity contribution < 1.29 is 19.1 Å². The Kier molecular flexibility index (Phi) is 4.25. The number of nitrogens with zero attached hydrogens (tertiary/aromatic N) is 1. The summed E-state index contributed by atoms with van der Waals surface area (Å²) < 4.78 is 5.12. The SMILES string of the molecule is CCC[C@@H](NC(=O)c1oc(C)nc1C)C(=O)O. The molecule has 1 heterocycles. The van der Waals surface area contributed by atoms with Crippen molar-refractivity contribution in [3.63, 3.8) is 0 Å². The van der Waals surface area contributed by atoms with Crippen LogP contribution in [0.4, 0.5) is 0 Å². The van der Waals surface area contributed by atoms with Crippen molar-refractivity contribution in [1.82, 2.24) is 10.3 Å². The Labute approximate surface area is 99.0 Å². The van der Waals surface area contributed by atoms with E-state index in [0.717, 1.165) is 0 Å². The highest BCUT2D eigenvalue weighted by atomic mass is 16.4. The molecule has 6 heteroatoms. The lowest BCUT2D eigenvalue weighted by Crippen LogP contribution is -2.40. The molecule has 1 atom stereocenters. The van der Waals surface area contributed by atoms with Gasteiger partial charge in [0.15, 0.2) is 5.89 Å². The number of aliphatic carboxylic acids is 1. The molecule has 0 spiro atoms. The van der Waals surface area contributed by atoms with Crippen LogP contribution in [0.15, 0.2) is 4.42 Å². The number of carboxylic acids is 1. The van der Waals surface area contributed by atoms with Crippen LogP contribution in [0, 0.1) is 13.8 Å². The number of oxazole rings is 1. The summed E-state index contributed by atoms with van der Waals surface area (Å²) in [5.74, 6) is -1.13. The zero-order chi connectivity index (χ0) is 13.0. The number of carboxylic acid groups (broad SMARTS) is 1. The molecule has 1 amide bonds. The average molecular weight is 240 g/mol. The van der Waals surface area contributed by atoms with E-state index in [-0.39, 0.29) is 5.76 Å². The number of rotatable bonds is 5. The lowest BCUT2D eigenvalue weighted by atomic mass is 10.1. The van der Waals surface area contributed by atoms with Gasteiger partial charge in [-0.3, -0.25) is 4.79 Å². The highest BCUT2D eigenvalue weighted by Gasteiger charge is 2.23. The largest absolute Gasteiger partial charge is 0.480 e. The van der Waals surface area contributed by atoms with E-state index in [4.69, 9.17) is 9.52 Å². The summed E-state index contributed by atoms with van der Waals surface area (Å²) in [6.07, 6.45) is 1.05. The number of aromatic nitrogens is 1. The molecule has 0 fully saturated rings. The summed E-state index contributed by atoms with van der Waals surface area (Å²) in [5.41, 5.74) is 0.459. The standard InChI is InChI=1S/C11H16N2O4/c1-4-5-8(11(15)16)13-10(14)9-6(2)12-7(3)17-9/h8H,4-5H2,1-3H3,(H,13,14)(H,15,16)/t8-/m1/s1. The van der Waals surface area contributed by atoms with Gasteiger partial charge in [-0.2, -0.15) is 0 Å². The fraction of sp³-hybridized carbons (Fsp3) is 0.545. The van der Waals surface area contributed by atoms with Gasteiger partial charge in [-0.25, -0.2) is 9.78 Å². The second-order valence-corrected chi connectivity index (χ2v) is 3.80. The van der Waals surface area contributed by atoms with Crippen LogP contribution in [0.3, 0.4) is 0 Å². The van der Waals surface area contributed by atoms with Gasteiger partial charge in [0.25, 0.3) is 5.91 Å². The first-order chi connectivity index (χ1) is 7.95. The van der Waals surface area contributed by atoms with Gasteiger partial charge in [-0.1, -0.05) is 13.3 Å². The summed E-state index contributed by atoms with van der Waals surface area (Å²) in [5, 5.41) is 11.3. The van der Waals surface area contributed by atoms with Crippen molar-refractivity contribution in [3.8, 4) is 0 Å². The minimum absolute atomic E-state index is 0.0739. The van der Waals surface area contributed by atoms with Gasteiger partial charge < -0.3 is 14.8 Å². The van der Waals surface area contributed by atoms with Crippen LogP contribution in [0.2, 0.25) is 0 Å². The Morgan fingerprint density at radius 3 is 2.53 bits per heavy atom. The minimum Gasteiger partial charge on any atom is -0.480 e. The Hall–Kier alpha value is -1.85. The molecule has 0 aliphatic rings. The number of hydrogen-bond donors (Lipinski definition) is 2. The monoisotopic (exact) mass is 240 g/mol. The second kappa shape index (κ2) is 5.47. The summed E-state index contributed by atoms with van der Waals surface area (Å²) in [6.45, 7) is 5.12. The van der Waals surface area contributed by atoms with E-state index in [0.29, 0.717) is 24.4 Å². The zero-order valence-corrected chi connectivity index (χ0v) is 10.1. The van der Waals surface area contributed by atoms with Crippen molar-refractivity contribution >= 4 is 11.9 Å². The van der Waals surface area contributed by atoms with Crippen LogP contribution in [0.25, 0.3) is 0 Å². The topological polar surface area (TPSA) is 92.4 Å². The molecule has 2 N–H and O–H groups in total. The van der Waals surface area contributed by atoms with E-state index in [2.05, 4.69) is 10.3 Å². The van der Waals surface area contributed by atoms with E-state index in [1.807, 2.05) is 6.92 Å². The first-order valence-corrected chi connectivity index (χ1v) is 5.43. The fourth-order valence-corrected chi connectivity index (χ4v) is 1.51. The third-order valence-electron chi connectivity index (χ3n) is 2.29. The molecule has 6 nitrogen and oxygen atoms in total. The average Bonchev–Trinajstić information content (AvgIpc) is 2.57. The minimum atomic E-state index is -1.05. The molecule has 0 saturated heterocycles. The molecule has 0 bridgehead atoms. The maximum absolute atomic E-state index is 11.8. The van der Waals surface area contributed by atoms with E-state index in [1.165, 1.54) is 0 Å². The quantitative estimate of drug-likeness (QED) is 0.808. The lowest BCUT2D eigenvalue weighted by Gasteiger charge is -2.12. The molecule has 0 aliphatic carbocycles. The molecule has 17 heavy (non-hydrogen) atoms. The molecule has 0 saturated carbocycles. The van der Waals surface area contributed by atoms with Crippen molar-refractivity contribution in [3.05, 3.63) is 17.3 Å². The van der Waals surface area contributed by atoms with E-state index in [9.17, 15) is 9.59 Å². The predicted octanol–water partition coefficient (Wildman–Crippen LogP) is 1.27. The highest BCUT2D eigenvalue weighted by Crippen LogP contribution is 2.10. The summed E-state index contributed by atoms with van der Waals surface area (Å²) >= 11 is 0. The summed E-state index contributed by atoms with van der Waals surface area (Å²) in [7, 11) is 0. The summed E-state index contributed by atoms with van der Waals surface area (Å²) in [6, 6.07) is -0.891. The smallest absolute Gasteiger partial charge is 0.326 e. The fourth-order valence-electron chi connectivity index (χ4n) is 1.51. The van der Waals surface area contributed by atoms with Crippen molar-refractivity contribution in [2.75, 3.05) is 0 Å². The number of nitrogens with one attached hydrogen (secondary N) is 1. The number of hydrogen-bond acceptors (Lipinski definition) is 4. The molecule has 0 aromatic carbocycles. The Morgan fingerprint density at radius 2 is 2.12 bits per heavy atom. The molecular formula is C11H16N2O4. The van der Waals surface area contributed by atoms with Gasteiger partial charge in [0.1, 0.15) is 6.04 Å². The van der Waals surface area contributed by atoms with Crippen molar-refractivity contribution in [1.29, 1.82) is 0 Å². The molecule has 0 aliphatic heterocycles. The van der Waals surface area contributed by atoms with E-state index in [1.54, 1.807) is 13.8 Å². The molecule has 0 unspecified atom stereocenters. The lowest BCUT2D eigenvalue weighted by molar-refractivity contribution is -0.139. The van der Waals surface area contributed by atoms with Crippen molar-refractivity contribution in [2.45, 2.75) is 39.7 Å². The van der Waals surface area contributed by atoms with Gasteiger partial charge in [-0.15, -0.1) is 0 Å². The Morgan fingerprint density at radius 1 is 1.47 bits per heavy atom. The van der Waals surface area contributed by atoms with Crippen LogP contribution in [0.5, 0.6) is 0 Å². The predicted molar refractivity (Wildman–Crippen MR) is 59.8 cm³/mol. The molecule has 1 rings (SSSR count). The summed E-state index contributed by atoms with van der Waals surface area (Å²) in [4.78, 5) is 26.6. The van der Waals surface area contributed by atoms with Crippen molar-refractivity contribution in [2.24, 2.45) is 0 Å². The van der Waals surface area contributed by atoms with Crippen LogP contribution >= 0.6 is 0 Å². The Balaban J connectivity index is 2.77. The molecule has 1 aromatic rings. The first-order valence-electron chi connectivity index (χ1n) is 5.43. The highest BCUT2D eigenvalue weighted by molar-refractivity contribution is 5.95. The molecular weight excluding hydrogens is 224 g/mol. The Bertz CT molecular complexity index is 425. The second-order valence-electron chi connectivity index (χ2n) is 3.80. The number of aryl methyl sites for hydroxylation is 2. The maximum Gasteiger partial charge on any atom is 0.326 e. The molecule has 94 valence electrons. The van der Waals surface area contributed by atoms with Crippen LogP contribution in [-0.2, 0) is 4.79 Å². The molecule has 0 radical (unpaired) electrons. The van der Waals surface area contributed by atoms with Crippen LogP contribution in [-0.4, -0.2) is 28.0 Å². The number of carbonyl (C=O) groups is 2. The van der Waals surface area contributed by atoms with E-state index < -0.39 is 17.9 Å². The van der Waals surface area contributed by atoms with Gasteiger partial charge in [-0.05, 0) is 13.3 Å². The van der Waals surface area contributed by atoms with Gasteiger partial charge >= 0.3 is 5.97 Å². The van der Waals surface area contributed by atoms with Gasteiger partial charge in [0.05, 0.1) is 5.69 Å². The van der Waals surface area contributed by atoms with Gasteiger partial charge in [0, 0.05) is 6.92 Å². The first kappa shape index (κ1) is 13.2. The van der Waals surface area contributed by atoms with Crippen LogP contribution < -0.4 is 5.32 Å². The van der Waals surface area contributed by atoms with E-state index >= 15 is 0 Å². The normalized spacial score (nSPS) is 12.2. The third kappa shape index (κ3) is 3.30. The number of amides is 1. The zero-order valence-electron chi connectivity index (χ0n) is 10.1. The maximum atomic E-state index is 11.8. The number of carbonyl (C=O) groups excluding carboxylic acids is 1. The molecule has 1 aromatic heterocycles. The van der Waals surface area contributed by atoms with Gasteiger partial charge in [0.2, 0.25) is 5.76 Å². The third-order valence-corrected chi connectivity index (χ3v) is 2.29.